The average molecular weight is 356 g/mol. The predicted octanol–water partition coefficient (Wildman–Crippen LogP) is 3.75. The molecule has 0 aliphatic heterocycles. The summed E-state index contributed by atoms with van der Waals surface area (Å²) in [7, 11) is 0. The molecule has 2 aliphatic carbocycles. The second-order valence-electron chi connectivity index (χ2n) is 6.16. The molecular weight excluding hydrogens is 342 g/mol. The molecule has 110 valence electrons. The smallest absolute Gasteiger partial charge is 0.205 e. The summed E-state index contributed by atoms with van der Waals surface area (Å²) in [5.74, 6) is 0.891. The van der Waals surface area contributed by atoms with Crippen molar-refractivity contribution >= 4 is 21.6 Å². The lowest BCUT2D eigenvalue weighted by Gasteiger charge is -2.33. The fourth-order valence-electron chi connectivity index (χ4n) is 3.88. The number of rotatable bonds is 0. The van der Waals surface area contributed by atoms with Crippen LogP contribution >= 0.6 is 15.9 Å². The van der Waals surface area contributed by atoms with Crippen molar-refractivity contribution in [1.82, 2.24) is 5.16 Å². The molecule has 1 aromatic heterocycles. The van der Waals surface area contributed by atoms with Crippen molar-refractivity contribution in [2.75, 3.05) is 0 Å². The average Bonchev–Trinajstić information content (AvgIpc) is 3.00. The summed E-state index contributed by atoms with van der Waals surface area (Å²) >= 11 is 3.52. The van der Waals surface area contributed by atoms with Crippen LogP contribution < -0.4 is 0 Å². The zero-order chi connectivity index (χ0) is 15.3. The number of benzene rings is 1. The Balaban J connectivity index is 1.85. The van der Waals surface area contributed by atoms with Gasteiger partial charge in [0.15, 0.2) is 0 Å². The van der Waals surface area contributed by atoms with E-state index in [4.69, 9.17) is 9.78 Å². The molecule has 0 fully saturated rings. The van der Waals surface area contributed by atoms with Crippen molar-refractivity contribution in [2.45, 2.75) is 32.6 Å². The highest BCUT2D eigenvalue weighted by molar-refractivity contribution is 9.10. The van der Waals surface area contributed by atoms with Gasteiger partial charge in [-0.25, -0.2) is 0 Å². The standard InChI is InChI=1S/C17H14BrN3O/c1-10-14-8-17(5-4-15(14)21-22-10)7-11-2-3-12(18)6-13(11)16(17)20-9-19/h2-3,6H,4-5,7-8H2,1H3. The molecule has 0 bridgehead atoms. The third-order valence-corrected chi connectivity index (χ3v) is 5.43. The first-order chi connectivity index (χ1) is 10.6. The first-order valence-corrected chi connectivity index (χ1v) is 8.12. The fourth-order valence-corrected chi connectivity index (χ4v) is 4.24. The number of hydrogen-bond donors (Lipinski definition) is 0. The maximum Gasteiger partial charge on any atom is 0.205 e. The van der Waals surface area contributed by atoms with Gasteiger partial charge < -0.3 is 4.52 Å². The van der Waals surface area contributed by atoms with E-state index in [1.807, 2.05) is 13.1 Å². The molecule has 0 N–H and O–H groups in total. The van der Waals surface area contributed by atoms with Crippen LogP contribution in [0.4, 0.5) is 0 Å². The molecule has 5 heteroatoms. The quantitative estimate of drug-likeness (QED) is 0.676. The van der Waals surface area contributed by atoms with Crippen LogP contribution in [0.2, 0.25) is 0 Å². The summed E-state index contributed by atoms with van der Waals surface area (Å²) in [5.41, 5.74) is 5.48. The van der Waals surface area contributed by atoms with Crippen LogP contribution in [0.3, 0.4) is 0 Å². The molecule has 1 atom stereocenters. The zero-order valence-electron chi connectivity index (χ0n) is 12.2. The van der Waals surface area contributed by atoms with Crippen LogP contribution in [0.5, 0.6) is 0 Å². The summed E-state index contributed by atoms with van der Waals surface area (Å²) < 4.78 is 6.37. The lowest BCUT2D eigenvalue weighted by atomic mass is 9.70. The minimum atomic E-state index is -0.0951. The minimum Gasteiger partial charge on any atom is -0.361 e. The lowest BCUT2D eigenvalue weighted by Crippen LogP contribution is -2.35. The topological polar surface area (TPSA) is 62.2 Å². The van der Waals surface area contributed by atoms with E-state index in [1.165, 1.54) is 11.1 Å². The van der Waals surface area contributed by atoms with E-state index in [0.717, 1.165) is 52.9 Å². The zero-order valence-corrected chi connectivity index (χ0v) is 13.8. The van der Waals surface area contributed by atoms with Gasteiger partial charge in [-0.15, -0.1) is 0 Å². The maximum absolute atomic E-state index is 9.17. The van der Waals surface area contributed by atoms with Gasteiger partial charge in [0.2, 0.25) is 6.19 Å². The van der Waals surface area contributed by atoms with E-state index >= 15 is 0 Å². The maximum atomic E-state index is 9.17. The summed E-state index contributed by atoms with van der Waals surface area (Å²) in [6.07, 6.45) is 5.63. The molecule has 0 saturated carbocycles. The molecule has 2 aliphatic rings. The van der Waals surface area contributed by atoms with E-state index in [0.29, 0.717) is 0 Å². The molecule has 2 aromatic rings. The van der Waals surface area contributed by atoms with Crippen LogP contribution in [0, 0.1) is 23.8 Å². The van der Waals surface area contributed by atoms with Gasteiger partial charge in [0.05, 0.1) is 11.4 Å². The normalized spacial score (nSPS) is 24.3. The van der Waals surface area contributed by atoms with Crippen molar-refractivity contribution in [1.29, 1.82) is 5.26 Å². The van der Waals surface area contributed by atoms with Crippen molar-refractivity contribution in [3.63, 3.8) is 0 Å². The van der Waals surface area contributed by atoms with E-state index in [1.54, 1.807) is 0 Å². The van der Waals surface area contributed by atoms with Crippen molar-refractivity contribution in [2.24, 2.45) is 10.4 Å². The summed E-state index contributed by atoms with van der Waals surface area (Å²) in [6, 6.07) is 6.27. The van der Waals surface area contributed by atoms with Gasteiger partial charge >= 0.3 is 0 Å². The molecule has 0 saturated heterocycles. The van der Waals surface area contributed by atoms with E-state index < -0.39 is 0 Å². The number of hydrogen-bond acceptors (Lipinski definition) is 4. The lowest BCUT2D eigenvalue weighted by molar-refractivity contribution is 0.367. The van der Waals surface area contributed by atoms with Crippen molar-refractivity contribution in [3.05, 3.63) is 50.8 Å². The number of nitrogens with zero attached hydrogens (tertiary/aromatic N) is 3. The Kier molecular flexibility index (Phi) is 2.98. The molecule has 0 radical (unpaired) electrons. The number of nitriles is 1. The highest BCUT2D eigenvalue weighted by Gasteiger charge is 2.46. The van der Waals surface area contributed by atoms with Crippen LogP contribution in [0.15, 0.2) is 32.2 Å². The number of halogens is 1. The second kappa shape index (κ2) is 4.79. The highest BCUT2D eigenvalue weighted by Crippen LogP contribution is 2.47. The predicted molar refractivity (Wildman–Crippen MR) is 85.7 cm³/mol. The monoisotopic (exact) mass is 355 g/mol. The van der Waals surface area contributed by atoms with Gasteiger partial charge in [-0.1, -0.05) is 27.2 Å². The molecule has 1 aromatic carbocycles. The van der Waals surface area contributed by atoms with Crippen molar-refractivity contribution < 1.29 is 4.52 Å². The number of aryl methyl sites for hydroxylation is 2. The summed E-state index contributed by atoms with van der Waals surface area (Å²) in [6.45, 7) is 1.96. The van der Waals surface area contributed by atoms with Crippen molar-refractivity contribution in [3.8, 4) is 6.19 Å². The fraction of sp³-hybridized carbons (Fsp3) is 0.353. The van der Waals surface area contributed by atoms with Crippen LogP contribution in [-0.2, 0) is 19.3 Å². The van der Waals surface area contributed by atoms with Gasteiger partial charge in [-0.05, 0) is 50.3 Å². The number of aliphatic imine (C=N–C) groups is 1. The number of fused-ring (bicyclic) bond motifs is 2. The Morgan fingerprint density at radius 2 is 2.27 bits per heavy atom. The second-order valence-corrected chi connectivity index (χ2v) is 7.08. The Morgan fingerprint density at radius 3 is 3.09 bits per heavy atom. The molecule has 1 unspecified atom stereocenters. The molecule has 1 heterocycles. The summed E-state index contributed by atoms with van der Waals surface area (Å²) in [5, 5.41) is 13.3. The first-order valence-electron chi connectivity index (χ1n) is 7.33. The largest absolute Gasteiger partial charge is 0.361 e. The van der Waals surface area contributed by atoms with Gasteiger partial charge in [0.1, 0.15) is 5.76 Å². The Labute approximate surface area is 137 Å². The van der Waals surface area contributed by atoms with E-state index in [9.17, 15) is 0 Å². The Morgan fingerprint density at radius 1 is 1.41 bits per heavy atom. The first kappa shape index (κ1) is 13.7. The Hall–Kier alpha value is -1.93. The molecule has 22 heavy (non-hydrogen) atoms. The van der Waals surface area contributed by atoms with Gasteiger partial charge in [-0.3, -0.25) is 0 Å². The van der Waals surface area contributed by atoms with E-state index in [2.05, 4.69) is 44.3 Å². The Bertz CT molecular complexity index is 846. The van der Waals surface area contributed by atoms with Crippen LogP contribution in [-0.4, -0.2) is 10.9 Å². The third kappa shape index (κ3) is 1.87. The number of aromatic nitrogens is 1. The van der Waals surface area contributed by atoms with E-state index in [-0.39, 0.29) is 5.41 Å². The third-order valence-electron chi connectivity index (χ3n) is 4.94. The summed E-state index contributed by atoms with van der Waals surface area (Å²) in [4.78, 5) is 4.22. The van der Waals surface area contributed by atoms with Crippen LogP contribution in [0.1, 0.15) is 34.6 Å². The minimum absolute atomic E-state index is 0.0951. The molecule has 0 amide bonds. The van der Waals surface area contributed by atoms with Crippen LogP contribution in [0.25, 0.3) is 0 Å². The molecule has 1 spiro atoms. The van der Waals surface area contributed by atoms with Gasteiger partial charge in [0.25, 0.3) is 0 Å². The molecule has 4 rings (SSSR count). The highest BCUT2D eigenvalue weighted by atomic mass is 79.9. The SMILES string of the molecule is Cc1onc2c1CC1(CC2)Cc2ccc(Br)cc2C1=NC#N. The molecule has 4 nitrogen and oxygen atoms in total. The van der Waals surface area contributed by atoms with Gasteiger partial charge in [0, 0.05) is 21.0 Å². The van der Waals surface area contributed by atoms with Gasteiger partial charge in [-0.2, -0.15) is 10.3 Å². The molecular formula is C17H14BrN3O.